The van der Waals surface area contributed by atoms with E-state index >= 15 is 0 Å². The van der Waals surface area contributed by atoms with Crippen molar-refractivity contribution in [3.8, 4) is 0 Å². The molecule has 0 saturated carbocycles. The molecule has 0 spiro atoms. The number of para-hydroxylation sites is 2. The standard InChI is InChI=1S/C38H42F3N5O2/c1-43(36(47)30-11-3-2-4-12-30)27-33(32-17-16-29-10-5-6-13-31(29)26-32)18-21-44-19-9-20-45(23-22-44)37-42-34-14-7-8-15-35(34)46(37)24-25-48-28-38(39,40)41/h2-8,10-17,26,33H,9,18-25,27-28H2,1H3. The molecule has 5 aromatic rings. The molecule has 0 N–H and O–H groups in total. The number of fused-ring (bicyclic) bond motifs is 2. The van der Waals surface area contributed by atoms with Gasteiger partial charge < -0.3 is 24.0 Å². The first-order valence-corrected chi connectivity index (χ1v) is 16.6. The van der Waals surface area contributed by atoms with Crippen LogP contribution in [0.4, 0.5) is 19.1 Å². The Hall–Kier alpha value is -4.41. The Labute approximate surface area is 279 Å². The number of carbonyl (C=O) groups excluding carboxylic acids is 1. The Balaban J connectivity index is 1.14. The van der Waals surface area contributed by atoms with Crippen molar-refractivity contribution >= 4 is 33.7 Å². The van der Waals surface area contributed by atoms with Gasteiger partial charge in [0.15, 0.2) is 0 Å². The molecule has 1 fully saturated rings. The first kappa shape index (κ1) is 33.5. The lowest BCUT2D eigenvalue weighted by molar-refractivity contribution is -0.174. The van der Waals surface area contributed by atoms with Crippen LogP contribution in [0.3, 0.4) is 0 Å². The van der Waals surface area contributed by atoms with Crippen molar-refractivity contribution in [3.63, 3.8) is 0 Å². The van der Waals surface area contributed by atoms with Gasteiger partial charge in [0.2, 0.25) is 5.95 Å². The molecule has 1 aliphatic rings. The third kappa shape index (κ3) is 8.35. The minimum absolute atomic E-state index is 0.0125. The van der Waals surface area contributed by atoms with Crippen LogP contribution in [0.2, 0.25) is 0 Å². The number of aromatic nitrogens is 2. The number of benzene rings is 4. The molecule has 2 heterocycles. The van der Waals surface area contributed by atoms with Crippen LogP contribution in [0.25, 0.3) is 21.8 Å². The predicted molar refractivity (Wildman–Crippen MR) is 185 cm³/mol. The lowest BCUT2D eigenvalue weighted by Crippen LogP contribution is -2.35. The van der Waals surface area contributed by atoms with Crippen LogP contribution in [-0.2, 0) is 11.3 Å². The van der Waals surface area contributed by atoms with E-state index in [1.54, 1.807) is 0 Å². The highest BCUT2D eigenvalue weighted by atomic mass is 19.4. The molecule has 0 aliphatic carbocycles. The maximum absolute atomic E-state index is 13.3. The molecule has 1 saturated heterocycles. The average Bonchev–Trinajstić information content (AvgIpc) is 3.29. The summed E-state index contributed by atoms with van der Waals surface area (Å²) in [6.45, 7) is 3.76. The van der Waals surface area contributed by atoms with Gasteiger partial charge in [0.05, 0.1) is 17.6 Å². The Morgan fingerprint density at radius 2 is 1.62 bits per heavy atom. The van der Waals surface area contributed by atoms with E-state index in [4.69, 9.17) is 9.72 Å². The largest absolute Gasteiger partial charge is 0.411 e. The molecule has 10 heteroatoms. The number of hydrogen-bond donors (Lipinski definition) is 0. The second kappa shape index (κ2) is 15.2. The zero-order valence-electron chi connectivity index (χ0n) is 27.3. The number of halogens is 3. The van der Waals surface area contributed by atoms with E-state index in [9.17, 15) is 18.0 Å². The van der Waals surface area contributed by atoms with Crippen molar-refractivity contribution < 1.29 is 22.7 Å². The van der Waals surface area contributed by atoms with E-state index in [1.165, 1.54) is 16.3 Å². The van der Waals surface area contributed by atoms with E-state index in [0.717, 1.165) is 62.5 Å². The topological polar surface area (TPSA) is 53.8 Å². The van der Waals surface area contributed by atoms with Gasteiger partial charge in [-0.1, -0.05) is 72.8 Å². The van der Waals surface area contributed by atoms with Crippen LogP contribution in [0.1, 0.15) is 34.7 Å². The first-order chi connectivity index (χ1) is 23.2. The van der Waals surface area contributed by atoms with Crippen molar-refractivity contribution in [1.82, 2.24) is 19.4 Å². The summed E-state index contributed by atoms with van der Waals surface area (Å²) in [6, 6.07) is 32.1. The van der Waals surface area contributed by atoms with Gasteiger partial charge in [-0.05, 0) is 66.5 Å². The van der Waals surface area contributed by atoms with Crippen molar-refractivity contribution in [2.75, 3.05) is 64.4 Å². The molecule has 1 aliphatic heterocycles. The number of hydrogen-bond acceptors (Lipinski definition) is 5. The number of ether oxygens (including phenoxy) is 1. The maximum atomic E-state index is 13.3. The molecule has 6 rings (SSSR count). The van der Waals surface area contributed by atoms with Crippen molar-refractivity contribution in [3.05, 3.63) is 108 Å². The van der Waals surface area contributed by atoms with E-state index in [2.05, 4.69) is 46.2 Å². The quantitative estimate of drug-likeness (QED) is 0.133. The fourth-order valence-corrected chi connectivity index (χ4v) is 6.64. The molecule has 0 bridgehead atoms. The smallest absolute Gasteiger partial charge is 0.370 e. The molecule has 1 amide bonds. The summed E-state index contributed by atoms with van der Waals surface area (Å²) in [7, 11) is 1.88. The third-order valence-electron chi connectivity index (χ3n) is 9.13. The van der Waals surface area contributed by atoms with Gasteiger partial charge in [-0.2, -0.15) is 13.2 Å². The van der Waals surface area contributed by atoms with Crippen LogP contribution in [0.5, 0.6) is 0 Å². The normalized spacial score (nSPS) is 15.1. The number of anilines is 1. The third-order valence-corrected chi connectivity index (χ3v) is 9.13. The average molecular weight is 658 g/mol. The first-order valence-electron chi connectivity index (χ1n) is 16.6. The van der Waals surface area contributed by atoms with E-state index in [1.807, 2.05) is 77.2 Å². The van der Waals surface area contributed by atoms with Crippen molar-refractivity contribution in [2.45, 2.75) is 31.5 Å². The molecule has 1 aromatic heterocycles. The number of carbonyl (C=O) groups is 1. The molecular weight excluding hydrogens is 615 g/mol. The molecule has 48 heavy (non-hydrogen) atoms. The van der Waals surface area contributed by atoms with Crippen LogP contribution >= 0.6 is 0 Å². The highest BCUT2D eigenvalue weighted by Gasteiger charge is 2.28. The summed E-state index contributed by atoms with van der Waals surface area (Å²) >= 11 is 0. The number of alkyl halides is 3. The van der Waals surface area contributed by atoms with Crippen LogP contribution in [0.15, 0.2) is 97.1 Å². The van der Waals surface area contributed by atoms with Gasteiger partial charge in [0.1, 0.15) is 6.61 Å². The Morgan fingerprint density at radius 1 is 0.875 bits per heavy atom. The SMILES string of the molecule is CN(CC(CCN1CCCN(c2nc3ccccc3n2CCOCC(F)(F)F)CC1)c1ccc2ccccc2c1)C(=O)c1ccccc1. The van der Waals surface area contributed by atoms with Gasteiger partial charge in [0, 0.05) is 51.3 Å². The van der Waals surface area contributed by atoms with E-state index in [-0.39, 0.29) is 25.0 Å². The molecule has 4 aromatic carbocycles. The lowest BCUT2D eigenvalue weighted by atomic mass is 9.92. The van der Waals surface area contributed by atoms with Crippen LogP contribution in [0, 0.1) is 0 Å². The van der Waals surface area contributed by atoms with E-state index in [0.29, 0.717) is 12.1 Å². The molecule has 0 radical (unpaired) electrons. The number of amides is 1. The Bertz CT molecular complexity index is 1810. The summed E-state index contributed by atoms with van der Waals surface area (Å²) in [4.78, 5) is 24.8. The minimum atomic E-state index is -4.35. The molecule has 1 unspecified atom stereocenters. The van der Waals surface area contributed by atoms with Crippen molar-refractivity contribution in [2.24, 2.45) is 0 Å². The highest BCUT2D eigenvalue weighted by Crippen LogP contribution is 2.28. The zero-order chi connectivity index (χ0) is 33.5. The van der Waals surface area contributed by atoms with Gasteiger partial charge in [-0.3, -0.25) is 4.79 Å². The number of nitrogens with zero attached hydrogens (tertiary/aromatic N) is 5. The van der Waals surface area contributed by atoms with Crippen LogP contribution < -0.4 is 4.90 Å². The predicted octanol–water partition coefficient (Wildman–Crippen LogP) is 7.23. The maximum Gasteiger partial charge on any atom is 0.411 e. The number of likely N-dealkylation sites (N-methyl/N-ethyl adjacent to an activating group) is 1. The summed E-state index contributed by atoms with van der Waals surface area (Å²) < 4.78 is 45.0. The molecular formula is C38H42F3N5O2. The summed E-state index contributed by atoms with van der Waals surface area (Å²) in [5.41, 5.74) is 3.61. The van der Waals surface area contributed by atoms with Gasteiger partial charge in [-0.25, -0.2) is 4.98 Å². The fraction of sp³-hybridized carbons (Fsp3) is 0.368. The zero-order valence-corrected chi connectivity index (χ0v) is 27.3. The van der Waals surface area contributed by atoms with E-state index < -0.39 is 12.8 Å². The van der Waals surface area contributed by atoms with Crippen LogP contribution in [-0.4, -0.2) is 91.0 Å². The highest BCUT2D eigenvalue weighted by molar-refractivity contribution is 5.94. The summed E-state index contributed by atoms with van der Waals surface area (Å²) in [5.74, 6) is 0.926. The summed E-state index contributed by atoms with van der Waals surface area (Å²) in [6.07, 6.45) is -2.53. The monoisotopic (exact) mass is 657 g/mol. The molecule has 252 valence electrons. The van der Waals surface area contributed by atoms with Crippen molar-refractivity contribution in [1.29, 1.82) is 0 Å². The fourth-order valence-electron chi connectivity index (χ4n) is 6.64. The molecule has 1 atom stereocenters. The minimum Gasteiger partial charge on any atom is -0.370 e. The van der Waals surface area contributed by atoms with Gasteiger partial charge in [-0.15, -0.1) is 0 Å². The number of imidazole rings is 1. The van der Waals surface area contributed by atoms with Gasteiger partial charge >= 0.3 is 6.18 Å². The Morgan fingerprint density at radius 3 is 2.44 bits per heavy atom. The second-order valence-electron chi connectivity index (χ2n) is 12.5. The van der Waals surface area contributed by atoms with Gasteiger partial charge in [0.25, 0.3) is 5.91 Å². The second-order valence-corrected chi connectivity index (χ2v) is 12.5. The Kier molecular flexibility index (Phi) is 10.6. The molecule has 7 nitrogen and oxygen atoms in total. The number of rotatable bonds is 12. The lowest BCUT2D eigenvalue weighted by Gasteiger charge is -2.28. The summed E-state index contributed by atoms with van der Waals surface area (Å²) in [5, 5.41) is 2.38.